The van der Waals surface area contributed by atoms with Gasteiger partial charge in [-0.1, -0.05) is 18.1 Å². The van der Waals surface area contributed by atoms with E-state index < -0.39 is 22.8 Å². The van der Waals surface area contributed by atoms with E-state index >= 15 is 0 Å². The lowest BCUT2D eigenvalue weighted by molar-refractivity contribution is -0.158. The minimum atomic E-state index is -1.28. The Bertz CT molecular complexity index is 497. The molecule has 0 aromatic heterocycles. The molecule has 0 fully saturated rings. The van der Waals surface area contributed by atoms with Gasteiger partial charge in [0.25, 0.3) is 0 Å². The fourth-order valence-electron chi connectivity index (χ4n) is 3.52. The van der Waals surface area contributed by atoms with E-state index in [2.05, 4.69) is 0 Å². The molecule has 0 spiro atoms. The van der Waals surface area contributed by atoms with Crippen LogP contribution in [0.3, 0.4) is 0 Å². The molecular formula is C12H14O4. The first kappa shape index (κ1) is 10.9. The minimum absolute atomic E-state index is 0.0469. The quantitative estimate of drug-likeness (QED) is 0.699. The zero-order chi connectivity index (χ0) is 12.5. The lowest BCUT2D eigenvalue weighted by Gasteiger charge is -2.64. The van der Waals surface area contributed by atoms with E-state index in [1.54, 1.807) is 13.8 Å². The smallest absolute Gasteiger partial charge is 0.333 e. The molecule has 0 aliphatic heterocycles. The molecule has 0 heterocycles. The van der Waals surface area contributed by atoms with Crippen LogP contribution >= 0.6 is 0 Å². The van der Waals surface area contributed by atoms with Crippen LogP contribution in [0.2, 0.25) is 0 Å². The maximum Gasteiger partial charge on any atom is 0.333 e. The van der Waals surface area contributed by atoms with Gasteiger partial charge in [-0.2, -0.15) is 0 Å². The molecule has 2 aliphatic rings. The van der Waals surface area contributed by atoms with Crippen molar-refractivity contribution in [3.63, 3.8) is 0 Å². The molecule has 0 amide bonds. The Kier molecular flexibility index (Phi) is 1.75. The highest BCUT2D eigenvalue weighted by Gasteiger charge is 2.75. The van der Waals surface area contributed by atoms with E-state index in [9.17, 15) is 14.7 Å². The van der Waals surface area contributed by atoms with E-state index in [0.29, 0.717) is 11.1 Å². The number of carbonyl (C=O) groups is 2. The minimum Gasteiger partial charge on any atom is -0.480 e. The molecule has 2 atom stereocenters. The molecule has 2 N–H and O–H groups in total. The van der Waals surface area contributed by atoms with Crippen LogP contribution in [0.15, 0.2) is 22.3 Å². The van der Waals surface area contributed by atoms with Gasteiger partial charge < -0.3 is 10.2 Å². The Labute approximate surface area is 93.3 Å². The summed E-state index contributed by atoms with van der Waals surface area (Å²) in [5, 5.41) is 18.5. The van der Waals surface area contributed by atoms with E-state index in [4.69, 9.17) is 5.11 Å². The van der Waals surface area contributed by atoms with Crippen molar-refractivity contribution in [3.8, 4) is 0 Å². The first-order chi connectivity index (χ1) is 7.23. The Morgan fingerprint density at radius 1 is 1.00 bits per heavy atom. The third kappa shape index (κ3) is 0.663. The zero-order valence-corrected chi connectivity index (χ0v) is 9.71. The number of allylic oxidation sites excluding steroid dienone is 2. The Hall–Kier alpha value is -1.58. The van der Waals surface area contributed by atoms with Gasteiger partial charge >= 0.3 is 11.9 Å². The largest absolute Gasteiger partial charge is 0.480 e. The van der Waals surface area contributed by atoms with Crippen molar-refractivity contribution < 1.29 is 19.8 Å². The van der Waals surface area contributed by atoms with E-state index in [0.717, 1.165) is 5.57 Å². The van der Waals surface area contributed by atoms with Crippen molar-refractivity contribution >= 4 is 11.9 Å². The molecule has 16 heavy (non-hydrogen) atoms. The maximum atomic E-state index is 11.5. The summed E-state index contributed by atoms with van der Waals surface area (Å²) in [6, 6.07) is 0. The van der Waals surface area contributed by atoms with Crippen molar-refractivity contribution in [1.29, 1.82) is 0 Å². The van der Waals surface area contributed by atoms with Gasteiger partial charge in [0.15, 0.2) is 0 Å². The summed E-state index contributed by atoms with van der Waals surface area (Å²) in [5.41, 5.74) is 0.489. The molecule has 0 aromatic carbocycles. The Balaban J connectivity index is 2.73. The molecule has 4 nitrogen and oxygen atoms in total. The number of fused-ring (bicyclic) bond motifs is 1. The van der Waals surface area contributed by atoms with Crippen molar-refractivity contribution in [3.05, 3.63) is 22.3 Å². The van der Waals surface area contributed by atoms with Crippen LogP contribution in [0.5, 0.6) is 0 Å². The zero-order valence-electron chi connectivity index (χ0n) is 9.71. The summed E-state index contributed by atoms with van der Waals surface area (Å²) in [6.45, 7) is 7.10. The molecule has 2 unspecified atom stereocenters. The standard InChI is InChI=1S/C12H14O4/c1-5-6(2)12(10(15)16)8(9(13)14)7(3)11(5,12)4/h1-4H3,(H,13,14)(H,15,16). The normalized spacial score (nSPS) is 36.5. The molecule has 0 bridgehead atoms. The maximum absolute atomic E-state index is 11.5. The fourth-order valence-corrected chi connectivity index (χ4v) is 3.52. The monoisotopic (exact) mass is 222 g/mol. The van der Waals surface area contributed by atoms with Gasteiger partial charge in [-0.3, -0.25) is 4.79 Å². The highest BCUT2D eigenvalue weighted by Crippen LogP contribution is 2.74. The number of rotatable bonds is 2. The van der Waals surface area contributed by atoms with Gasteiger partial charge in [0, 0.05) is 5.41 Å². The van der Waals surface area contributed by atoms with E-state index in [-0.39, 0.29) is 5.57 Å². The second-order valence-electron chi connectivity index (χ2n) is 4.74. The Morgan fingerprint density at radius 3 is 1.88 bits per heavy atom. The number of hydrogen-bond donors (Lipinski definition) is 2. The summed E-state index contributed by atoms with van der Waals surface area (Å²) in [4.78, 5) is 22.6. The van der Waals surface area contributed by atoms with Crippen molar-refractivity contribution in [2.45, 2.75) is 27.7 Å². The first-order valence-corrected chi connectivity index (χ1v) is 5.11. The summed E-state index contributed by atoms with van der Waals surface area (Å²) in [5.74, 6) is -2.18. The fraction of sp³-hybridized carbons (Fsp3) is 0.500. The van der Waals surface area contributed by atoms with Crippen molar-refractivity contribution in [1.82, 2.24) is 0 Å². The van der Waals surface area contributed by atoms with Gasteiger partial charge in [-0.25, -0.2) is 4.79 Å². The number of carboxylic acids is 2. The van der Waals surface area contributed by atoms with Crippen LogP contribution in [-0.2, 0) is 9.59 Å². The van der Waals surface area contributed by atoms with E-state index in [1.165, 1.54) is 0 Å². The van der Waals surface area contributed by atoms with Crippen LogP contribution in [-0.4, -0.2) is 22.2 Å². The summed E-state index contributed by atoms with van der Waals surface area (Å²) in [6.07, 6.45) is 0. The molecule has 0 saturated carbocycles. The van der Waals surface area contributed by atoms with Crippen molar-refractivity contribution in [2.75, 3.05) is 0 Å². The van der Waals surface area contributed by atoms with Crippen LogP contribution in [0.25, 0.3) is 0 Å². The highest BCUT2D eigenvalue weighted by molar-refractivity contribution is 6.07. The summed E-state index contributed by atoms with van der Waals surface area (Å²) >= 11 is 0. The SMILES string of the molecule is CC1=C(C)C2(C(=O)O)C(C(=O)O)=C(C)C12C. The third-order valence-electron chi connectivity index (χ3n) is 4.66. The number of hydrogen-bond acceptors (Lipinski definition) is 2. The first-order valence-electron chi connectivity index (χ1n) is 5.11. The molecule has 2 aliphatic carbocycles. The summed E-state index contributed by atoms with van der Waals surface area (Å²) < 4.78 is 0. The molecular weight excluding hydrogens is 208 g/mol. The van der Waals surface area contributed by atoms with Crippen LogP contribution in [0, 0.1) is 10.8 Å². The number of carboxylic acid groups (broad SMARTS) is 2. The number of aliphatic carboxylic acids is 2. The highest BCUT2D eigenvalue weighted by atomic mass is 16.4. The van der Waals surface area contributed by atoms with E-state index in [1.807, 2.05) is 13.8 Å². The lowest BCUT2D eigenvalue weighted by Crippen LogP contribution is -2.65. The molecule has 0 aromatic rings. The predicted molar refractivity (Wildman–Crippen MR) is 56.9 cm³/mol. The van der Waals surface area contributed by atoms with Crippen LogP contribution in [0.1, 0.15) is 27.7 Å². The van der Waals surface area contributed by atoms with Gasteiger partial charge in [0.2, 0.25) is 0 Å². The topological polar surface area (TPSA) is 74.6 Å². The second-order valence-corrected chi connectivity index (χ2v) is 4.74. The predicted octanol–water partition coefficient (Wildman–Crippen LogP) is 1.83. The van der Waals surface area contributed by atoms with Gasteiger partial charge in [0.05, 0.1) is 5.57 Å². The lowest BCUT2D eigenvalue weighted by atomic mass is 9.35. The van der Waals surface area contributed by atoms with Gasteiger partial charge in [-0.05, 0) is 26.3 Å². The average molecular weight is 222 g/mol. The molecule has 2 rings (SSSR count). The molecule has 0 saturated heterocycles. The second kappa shape index (κ2) is 2.56. The van der Waals surface area contributed by atoms with Gasteiger partial charge in [-0.15, -0.1) is 0 Å². The van der Waals surface area contributed by atoms with Crippen LogP contribution in [0.4, 0.5) is 0 Å². The summed E-state index contributed by atoms with van der Waals surface area (Å²) in [7, 11) is 0. The molecule has 4 heteroatoms. The van der Waals surface area contributed by atoms with Crippen molar-refractivity contribution in [2.24, 2.45) is 10.8 Å². The molecule has 0 radical (unpaired) electrons. The Morgan fingerprint density at radius 2 is 1.50 bits per heavy atom. The molecule has 86 valence electrons. The average Bonchev–Trinajstić information content (AvgIpc) is 2.20. The van der Waals surface area contributed by atoms with Gasteiger partial charge in [0.1, 0.15) is 5.41 Å². The third-order valence-corrected chi connectivity index (χ3v) is 4.66. The van der Waals surface area contributed by atoms with Crippen LogP contribution < -0.4 is 0 Å².